The molecule has 0 aliphatic heterocycles. The van der Waals surface area contributed by atoms with Gasteiger partial charge in [0.1, 0.15) is 0 Å². The van der Waals surface area contributed by atoms with Crippen LogP contribution in [0.15, 0.2) is 29.4 Å². The SMILES string of the molecule is CCCCCCCCc1ccccc1N=N. The molecule has 0 amide bonds. The lowest BCUT2D eigenvalue weighted by Gasteiger charge is -2.04. The second-order valence-corrected chi connectivity index (χ2v) is 4.26. The van der Waals surface area contributed by atoms with Gasteiger partial charge >= 0.3 is 0 Å². The molecule has 0 unspecified atom stereocenters. The minimum absolute atomic E-state index is 0.830. The molecule has 1 aromatic carbocycles. The van der Waals surface area contributed by atoms with Gasteiger partial charge in [0.2, 0.25) is 0 Å². The fraction of sp³-hybridized carbons (Fsp3) is 0.571. The number of benzene rings is 1. The van der Waals surface area contributed by atoms with Gasteiger partial charge in [-0.05, 0) is 24.5 Å². The van der Waals surface area contributed by atoms with Crippen LogP contribution in [0, 0.1) is 5.53 Å². The second kappa shape index (κ2) is 8.03. The predicted octanol–water partition coefficient (Wildman–Crippen LogP) is 5.25. The average molecular weight is 218 g/mol. The summed E-state index contributed by atoms with van der Waals surface area (Å²) in [6, 6.07) is 7.97. The van der Waals surface area contributed by atoms with Crippen LogP contribution >= 0.6 is 0 Å². The molecule has 0 saturated carbocycles. The highest BCUT2D eigenvalue weighted by atomic mass is 15.0. The third-order valence-electron chi connectivity index (χ3n) is 2.91. The summed E-state index contributed by atoms with van der Waals surface area (Å²) in [7, 11) is 0. The minimum Gasteiger partial charge on any atom is -0.204 e. The standard InChI is InChI=1S/C14H22N2/c1-2-3-4-5-6-7-10-13-11-8-9-12-14(13)16-15/h8-9,11-12,15H,2-7,10H2,1H3. The molecule has 0 saturated heterocycles. The van der Waals surface area contributed by atoms with Crippen LogP contribution in [0.3, 0.4) is 0 Å². The van der Waals surface area contributed by atoms with E-state index in [-0.39, 0.29) is 0 Å². The van der Waals surface area contributed by atoms with Crippen LogP contribution in [-0.4, -0.2) is 0 Å². The maximum Gasteiger partial charge on any atom is 0.0881 e. The van der Waals surface area contributed by atoms with Gasteiger partial charge in [0.05, 0.1) is 5.69 Å². The van der Waals surface area contributed by atoms with Crippen molar-refractivity contribution >= 4 is 5.69 Å². The molecule has 0 aliphatic rings. The number of para-hydroxylation sites is 1. The van der Waals surface area contributed by atoms with E-state index in [0.717, 1.165) is 12.1 Å². The van der Waals surface area contributed by atoms with Gasteiger partial charge in [-0.15, -0.1) is 0 Å². The highest BCUT2D eigenvalue weighted by molar-refractivity contribution is 5.44. The van der Waals surface area contributed by atoms with Gasteiger partial charge in [0.15, 0.2) is 0 Å². The Morgan fingerprint density at radius 1 is 1.00 bits per heavy atom. The largest absolute Gasteiger partial charge is 0.204 e. The number of hydrogen-bond donors (Lipinski definition) is 1. The number of unbranched alkanes of at least 4 members (excludes halogenated alkanes) is 5. The quantitative estimate of drug-likeness (QED) is 0.457. The predicted molar refractivity (Wildman–Crippen MR) is 68.3 cm³/mol. The summed E-state index contributed by atoms with van der Waals surface area (Å²) < 4.78 is 0. The summed E-state index contributed by atoms with van der Waals surface area (Å²) >= 11 is 0. The van der Waals surface area contributed by atoms with E-state index in [4.69, 9.17) is 5.53 Å². The summed E-state index contributed by atoms with van der Waals surface area (Å²) in [6.07, 6.45) is 8.95. The summed E-state index contributed by atoms with van der Waals surface area (Å²) in [5.74, 6) is 0. The molecular formula is C14H22N2. The Balaban J connectivity index is 2.23. The van der Waals surface area contributed by atoms with Crippen LogP contribution in [0.25, 0.3) is 0 Å². The second-order valence-electron chi connectivity index (χ2n) is 4.26. The molecule has 0 spiro atoms. The molecule has 1 rings (SSSR count). The van der Waals surface area contributed by atoms with E-state index in [0.29, 0.717) is 0 Å². The number of nitrogens with one attached hydrogen (secondary N) is 1. The molecule has 0 atom stereocenters. The van der Waals surface area contributed by atoms with Gasteiger partial charge in [0.25, 0.3) is 0 Å². The monoisotopic (exact) mass is 218 g/mol. The van der Waals surface area contributed by atoms with Crippen LogP contribution in [0.1, 0.15) is 51.0 Å². The van der Waals surface area contributed by atoms with E-state index >= 15 is 0 Å². The summed E-state index contributed by atoms with van der Waals surface area (Å²) in [5.41, 5.74) is 9.13. The number of nitrogens with zero attached hydrogens (tertiary/aromatic N) is 1. The van der Waals surface area contributed by atoms with E-state index in [2.05, 4.69) is 18.1 Å². The van der Waals surface area contributed by atoms with Gasteiger partial charge in [-0.25, -0.2) is 5.53 Å². The Morgan fingerprint density at radius 3 is 2.44 bits per heavy atom. The van der Waals surface area contributed by atoms with Crippen LogP contribution in [0.4, 0.5) is 5.69 Å². The molecule has 16 heavy (non-hydrogen) atoms. The van der Waals surface area contributed by atoms with E-state index in [1.165, 1.54) is 44.1 Å². The van der Waals surface area contributed by atoms with Crippen LogP contribution in [-0.2, 0) is 6.42 Å². The molecule has 2 nitrogen and oxygen atoms in total. The fourth-order valence-electron chi connectivity index (χ4n) is 1.93. The number of hydrogen-bond acceptors (Lipinski definition) is 2. The molecule has 1 N–H and O–H groups in total. The Kier molecular flexibility index (Phi) is 6.47. The maximum atomic E-state index is 7.08. The Bertz CT molecular complexity index is 307. The van der Waals surface area contributed by atoms with Crippen LogP contribution in [0.5, 0.6) is 0 Å². The molecule has 1 aromatic rings. The smallest absolute Gasteiger partial charge is 0.0881 e. The van der Waals surface area contributed by atoms with Gasteiger partial charge < -0.3 is 0 Å². The van der Waals surface area contributed by atoms with Gasteiger partial charge in [-0.2, -0.15) is 5.11 Å². The highest BCUT2D eigenvalue weighted by Gasteiger charge is 1.99. The normalized spacial score (nSPS) is 10.3. The van der Waals surface area contributed by atoms with Crippen molar-refractivity contribution in [3.8, 4) is 0 Å². The summed E-state index contributed by atoms with van der Waals surface area (Å²) in [4.78, 5) is 0. The molecule has 0 radical (unpaired) electrons. The minimum atomic E-state index is 0.830. The highest BCUT2D eigenvalue weighted by Crippen LogP contribution is 2.20. The van der Waals surface area contributed by atoms with E-state index in [1.807, 2.05) is 18.2 Å². The first-order valence-electron chi connectivity index (χ1n) is 6.34. The Morgan fingerprint density at radius 2 is 1.69 bits per heavy atom. The van der Waals surface area contributed by atoms with Crippen molar-refractivity contribution in [3.05, 3.63) is 29.8 Å². The van der Waals surface area contributed by atoms with Crippen LogP contribution < -0.4 is 0 Å². The zero-order valence-corrected chi connectivity index (χ0v) is 10.2. The average Bonchev–Trinajstić information content (AvgIpc) is 2.34. The number of rotatable bonds is 8. The third kappa shape index (κ3) is 4.56. The van der Waals surface area contributed by atoms with Crippen LogP contribution in [0.2, 0.25) is 0 Å². The molecular weight excluding hydrogens is 196 g/mol. The van der Waals surface area contributed by atoms with Crippen molar-refractivity contribution in [3.63, 3.8) is 0 Å². The molecule has 0 aromatic heterocycles. The van der Waals surface area contributed by atoms with Gasteiger partial charge in [0, 0.05) is 0 Å². The van der Waals surface area contributed by atoms with Crippen molar-refractivity contribution in [2.24, 2.45) is 5.11 Å². The first-order valence-corrected chi connectivity index (χ1v) is 6.34. The first kappa shape index (κ1) is 12.9. The molecule has 2 heteroatoms. The molecule has 0 heterocycles. The van der Waals surface area contributed by atoms with Crippen molar-refractivity contribution in [1.82, 2.24) is 0 Å². The third-order valence-corrected chi connectivity index (χ3v) is 2.91. The van der Waals surface area contributed by atoms with Crippen molar-refractivity contribution < 1.29 is 0 Å². The molecule has 0 aliphatic carbocycles. The lowest BCUT2D eigenvalue weighted by Crippen LogP contribution is -1.86. The van der Waals surface area contributed by atoms with Crippen molar-refractivity contribution in [2.75, 3.05) is 0 Å². The zero-order chi connectivity index (χ0) is 11.6. The van der Waals surface area contributed by atoms with E-state index in [1.54, 1.807) is 0 Å². The van der Waals surface area contributed by atoms with Gasteiger partial charge in [-0.1, -0.05) is 57.2 Å². The summed E-state index contributed by atoms with van der Waals surface area (Å²) in [5, 5.41) is 3.55. The zero-order valence-electron chi connectivity index (χ0n) is 10.2. The molecule has 0 bridgehead atoms. The Labute approximate surface area is 98.6 Å². The van der Waals surface area contributed by atoms with Crippen molar-refractivity contribution in [1.29, 1.82) is 5.53 Å². The first-order chi connectivity index (χ1) is 7.88. The van der Waals surface area contributed by atoms with Crippen molar-refractivity contribution in [2.45, 2.75) is 51.9 Å². The maximum absolute atomic E-state index is 7.08. The molecule has 88 valence electrons. The lowest BCUT2D eigenvalue weighted by molar-refractivity contribution is 0.607. The van der Waals surface area contributed by atoms with Gasteiger partial charge in [-0.3, -0.25) is 0 Å². The Hall–Kier alpha value is -1.18. The number of aryl methyl sites for hydroxylation is 1. The van der Waals surface area contributed by atoms with E-state index in [9.17, 15) is 0 Å². The fourth-order valence-corrected chi connectivity index (χ4v) is 1.93. The summed E-state index contributed by atoms with van der Waals surface area (Å²) in [6.45, 7) is 2.24. The topological polar surface area (TPSA) is 36.2 Å². The molecule has 0 fully saturated rings. The lowest BCUT2D eigenvalue weighted by atomic mass is 10.0. The van der Waals surface area contributed by atoms with E-state index < -0.39 is 0 Å².